The van der Waals surface area contributed by atoms with Gasteiger partial charge in [0.2, 0.25) is 5.88 Å². The molecule has 108 valence electrons. The molecule has 0 aliphatic carbocycles. The zero-order valence-electron chi connectivity index (χ0n) is 12.0. The maximum Gasteiger partial charge on any atom is 0.407 e. The summed E-state index contributed by atoms with van der Waals surface area (Å²) in [5.41, 5.74) is 0.903. The first-order valence-electron chi connectivity index (χ1n) is 6.21. The van der Waals surface area contributed by atoms with Crippen molar-refractivity contribution in [1.82, 2.24) is 19.6 Å². The highest BCUT2D eigenvalue weighted by molar-refractivity contribution is 5.64. The fourth-order valence-corrected chi connectivity index (χ4v) is 1.81. The van der Waals surface area contributed by atoms with E-state index in [0.29, 0.717) is 32.1 Å². The lowest BCUT2D eigenvalue weighted by Gasteiger charge is -2.21. The van der Waals surface area contributed by atoms with E-state index in [1.165, 1.54) is 4.90 Å². The summed E-state index contributed by atoms with van der Waals surface area (Å²) in [5, 5.41) is 13.2. The second-order valence-electron chi connectivity index (χ2n) is 4.40. The number of aryl methyl sites for hydroxylation is 1. The first-order chi connectivity index (χ1) is 8.97. The highest BCUT2D eigenvalue weighted by atomic mass is 16.5. The Bertz CT molecular complexity index is 419. The van der Waals surface area contributed by atoms with Gasteiger partial charge in [0.15, 0.2) is 0 Å². The number of methoxy groups -OCH3 is 1. The van der Waals surface area contributed by atoms with Gasteiger partial charge in [0.05, 0.1) is 12.8 Å². The van der Waals surface area contributed by atoms with Crippen LogP contribution in [0.15, 0.2) is 6.07 Å². The quantitative estimate of drug-likeness (QED) is 0.795. The average Bonchev–Trinajstić information content (AvgIpc) is 2.69. The molecule has 0 saturated carbocycles. The zero-order valence-corrected chi connectivity index (χ0v) is 12.0. The predicted octanol–water partition coefficient (Wildman–Crippen LogP) is 0.860. The van der Waals surface area contributed by atoms with E-state index in [9.17, 15) is 4.79 Å². The minimum Gasteiger partial charge on any atom is -0.481 e. The molecule has 0 fully saturated rings. The third kappa shape index (κ3) is 4.44. The Hall–Kier alpha value is -1.76. The zero-order chi connectivity index (χ0) is 14.4. The highest BCUT2D eigenvalue weighted by Crippen LogP contribution is 2.12. The lowest BCUT2D eigenvalue weighted by atomic mass is 10.4. The third-order valence-corrected chi connectivity index (χ3v) is 2.93. The van der Waals surface area contributed by atoms with Gasteiger partial charge < -0.3 is 14.7 Å². The molecule has 1 rings (SSSR count). The van der Waals surface area contributed by atoms with Crippen molar-refractivity contribution < 1.29 is 14.6 Å². The Morgan fingerprint density at radius 3 is 2.68 bits per heavy atom. The number of carbonyl (C=O) groups is 1. The summed E-state index contributed by atoms with van der Waals surface area (Å²) in [7, 11) is 5.37. The van der Waals surface area contributed by atoms with Gasteiger partial charge in [0, 0.05) is 39.3 Å². The second-order valence-corrected chi connectivity index (χ2v) is 4.40. The van der Waals surface area contributed by atoms with E-state index in [-0.39, 0.29) is 0 Å². The van der Waals surface area contributed by atoms with Gasteiger partial charge in [-0.15, -0.1) is 0 Å². The monoisotopic (exact) mass is 270 g/mol. The fourth-order valence-electron chi connectivity index (χ4n) is 1.81. The summed E-state index contributed by atoms with van der Waals surface area (Å²) in [5.74, 6) is 0.712. The minimum atomic E-state index is -0.879. The van der Waals surface area contributed by atoms with Crippen LogP contribution in [0.25, 0.3) is 0 Å². The van der Waals surface area contributed by atoms with Crippen molar-refractivity contribution in [2.75, 3.05) is 33.8 Å². The normalized spacial score (nSPS) is 10.8. The summed E-state index contributed by atoms with van der Waals surface area (Å²) in [4.78, 5) is 14.3. The summed E-state index contributed by atoms with van der Waals surface area (Å²) >= 11 is 0. The largest absolute Gasteiger partial charge is 0.481 e. The smallest absolute Gasteiger partial charge is 0.407 e. The number of hydrogen-bond acceptors (Lipinski definition) is 4. The van der Waals surface area contributed by atoms with Crippen LogP contribution in [0.1, 0.15) is 12.6 Å². The number of nitrogens with zero attached hydrogens (tertiary/aromatic N) is 4. The van der Waals surface area contributed by atoms with Crippen molar-refractivity contribution in [3.63, 3.8) is 0 Å². The van der Waals surface area contributed by atoms with Crippen molar-refractivity contribution in [3.8, 4) is 5.88 Å². The first kappa shape index (κ1) is 15.3. The molecule has 7 heteroatoms. The number of carboxylic acid groups (broad SMARTS) is 1. The molecule has 0 saturated heterocycles. The van der Waals surface area contributed by atoms with Crippen LogP contribution in [0.3, 0.4) is 0 Å². The molecule has 0 radical (unpaired) electrons. The summed E-state index contributed by atoms with van der Waals surface area (Å²) in [6.45, 7) is 4.15. The Morgan fingerprint density at radius 2 is 2.21 bits per heavy atom. The molecular weight excluding hydrogens is 248 g/mol. The third-order valence-electron chi connectivity index (χ3n) is 2.93. The molecule has 1 aromatic rings. The standard InChI is InChI=1S/C12H22N4O3/c1-5-16(12(17)18)7-6-14(2)9-10-8-11(19-4)15(3)13-10/h8H,5-7,9H2,1-4H3,(H,17,18). The maximum absolute atomic E-state index is 10.9. The van der Waals surface area contributed by atoms with E-state index < -0.39 is 6.09 Å². The van der Waals surface area contributed by atoms with Crippen molar-refractivity contribution in [2.45, 2.75) is 13.5 Å². The van der Waals surface area contributed by atoms with E-state index in [1.807, 2.05) is 32.0 Å². The SMILES string of the molecule is CCN(CCN(C)Cc1cc(OC)n(C)n1)C(=O)O. The summed E-state index contributed by atoms with van der Waals surface area (Å²) in [6.07, 6.45) is -0.879. The van der Waals surface area contributed by atoms with Gasteiger partial charge in [-0.2, -0.15) is 5.10 Å². The molecule has 1 heterocycles. The molecule has 0 aliphatic heterocycles. The molecule has 0 spiro atoms. The molecule has 0 aliphatic rings. The molecule has 0 atom stereocenters. The van der Waals surface area contributed by atoms with Crippen LogP contribution in [0.4, 0.5) is 4.79 Å². The van der Waals surface area contributed by atoms with Crippen LogP contribution in [0.5, 0.6) is 5.88 Å². The molecular formula is C12H22N4O3. The Balaban J connectivity index is 2.46. The van der Waals surface area contributed by atoms with E-state index in [1.54, 1.807) is 11.8 Å². The van der Waals surface area contributed by atoms with E-state index >= 15 is 0 Å². The topological polar surface area (TPSA) is 70.8 Å². The van der Waals surface area contributed by atoms with Crippen LogP contribution in [-0.4, -0.2) is 64.6 Å². The Labute approximate surface area is 113 Å². The van der Waals surface area contributed by atoms with Gasteiger partial charge in [-0.3, -0.25) is 4.90 Å². The van der Waals surface area contributed by atoms with Crippen LogP contribution in [-0.2, 0) is 13.6 Å². The van der Waals surface area contributed by atoms with Crippen molar-refractivity contribution >= 4 is 6.09 Å². The first-order valence-corrected chi connectivity index (χ1v) is 6.21. The van der Waals surface area contributed by atoms with Crippen LogP contribution in [0, 0.1) is 0 Å². The molecule has 1 aromatic heterocycles. The minimum absolute atomic E-state index is 0.492. The average molecular weight is 270 g/mol. The van der Waals surface area contributed by atoms with Crippen molar-refractivity contribution in [2.24, 2.45) is 7.05 Å². The van der Waals surface area contributed by atoms with Gasteiger partial charge >= 0.3 is 6.09 Å². The Morgan fingerprint density at radius 1 is 1.53 bits per heavy atom. The van der Waals surface area contributed by atoms with Gasteiger partial charge in [-0.1, -0.05) is 0 Å². The predicted molar refractivity (Wildman–Crippen MR) is 71.4 cm³/mol. The maximum atomic E-state index is 10.9. The van der Waals surface area contributed by atoms with Gasteiger partial charge in [0.25, 0.3) is 0 Å². The summed E-state index contributed by atoms with van der Waals surface area (Å²) in [6, 6.07) is 1.88. The fraction of sp³-hybridized carbons (Fsp3) is 0.667. The highest BCUT2D eigenvalue weighted by Gasteiger charge is 2.11. The van der Waals surface area contributed by atoms with E-state index in [0.717, 1.165) is 5.69 Å². The molecule has 0 aromatic carbocycles. The molecule has 1 amide bonds. The number of amides is 1. The van der Waals surface area contributed by atoms with E-state index in [2.05, 4.69) is 5.10 Å². The summed E-state index contributed by atoms with van der Waals surface area (Å²) < 4.78 is 6.83. The molecule has 7 nitrogen and oxygen atoms in total. The van der Waals surface area contributed by atoms with Crippen LogP contribution >= 0.6 is 0 Å². The number of rotatable bonds is 7. The molecule has 0 bridgehead atoms. The van der Waals surface area contributed by atoms with E-state index in [4.69, 9.17) is 9.84 Å². The number of likely N-dealkylation sites (N-methyl/N-ethyl adjacent to an activating group) is 2. The number of aromatic nitrogens is 2. The number of ether oxygens (including phenoxy) is 1. The van der Waals surface area contributed by atoms with Crippen molar-refractivity contribution in [3.05, 3.63) is 11.8 Å². The van der Waals surface area contributed by atoms with Crippen LogP contribution < -0.4 is 4.74 Å². The lowest BCUT2D eigenvalue weighted by Crippen LogP contribution is -2.36. The Kier molecular flexibility index (Phi) is 5.62. The van der Waals surface area contributed by atoms with Crippen LogP contribution in [0.2, 0.25) is 0 Å². The second kappa shape index (κ2) is 6.98. The molecule has 19 heavy (non-hydrogen) atoms. The number of hydrogen-bond donors (Lipinski definition) is 1. The van der Waals surface area contributed by atoms with Gasteiger partial charge in [0.1, 0.15) is 0 Å². The molecule has 0 unspecified atom stereocenters. The van der Waals surface area contributed by atoms with Crippen molar-refractivity contribution in [1.29, 1.82) is 0 Å². The van der Waals surface area contributed by atoms with Gasteiger partial charge in [-0.25, -0.2) is 9.48 Å². The molecule has 1 N–H and O–H groups in total. The lowest BCUT2D eigenvalue weighted by molar-refractivity contribution is 0.141. The van der Waals surface area contributed by atoms with Gasteiger partial charge in [-0.05, 0) is 14.0 Å².